The van der Waals surface area contributed by atoms with Gasteiger partial charge in [0.15, 0.2) is 0 Å². The molecule has 8 heteroatoms. The Morgan fingerprint density at radius 1 is 1.40 bits per heavy atom. The number of nitrogens with one attached hydrogen (secondary N) is 2. The van der Waals surface area contributed by atoms with Crippen molar-refractivity contribution in [3.05, 3.63) is 29.6 Å². The number of carbonyl (C=O) groups excluding carboxylic acids is 2. The van der Waals surface area contributed by atoms with E-state index in [4.69, 9.17) is 10.5 Å². The SMILES string of the molecule is CC(C)[C@H](N)C(=O)NCC(=O)NC1CCCOc2ccc(F)cc21.Cl. The highest BCUT2D eigenvalue weighted by molar-refractivity contribution is 5.87. The van der Waals surface area contributed by atoms with Crippen molar-refractivity contribution in [2.45, 2.75) is 38.8 Å². The van der Waals surface area contributed by atoms with Crippen LogP contribution in [0.25, 0.3) is 0 Å². The normalized spacial score (nSPS) is 17.4. The lowest BCUT2D eigenvalue weighted by Gasteiger charge is -2.19. The fraction of sp³-hybridized carbons (Fsp3) is 0.529. The predicted octanol–water partition coefficient (Wildman–Crippen LogP) is 1.68. The molecular formula is C17H25ClFN3O3. The highest BCUT2D eigenvalue weighted by Crippen LogP contribution is 2.31. The fourth-order valence-electron chi connectivity index (χ4n) is 2.53. The Labute approximate surface area is 153 Å². The molecule has 0 saturated heterocycles. The molecule has 0 fully saturated rings. The van der Waals surface area contributed by atoms with E-state index < -0.39 is 6.04 Å². The smallest absolute Gasteiger partial charge is 0.239 e. The Morgan fingerprint density at radius 2 is 2.12 bits per heavy atom. The average molecular weight is 374 g/mol. The van der Waals surface area contributed by atoms with E-state index in [1.54, 1.807) is 6.07 Å². The third kappa shape index (κ3) is 5.86. The number of hydrogen-bond donors (Lipinski definition) is 3. The Kier molecular flexibility index (Phi) is 8.12. The zero-order valence-corrected chi connectivity index (χ0v) is 15.2. The number of hydrogen-bond acceptors (Lipinski definition) is 4. The minimum absolute atomic E-state index is 0. The molecule has 1 unspecified atom stereocenters. The summed E-state index contributed by atoms with van der Waals surface area (Å²) in [5.74, 6) is -0.529. The van der Waals surface area contributed by atoms with Crippen LogP contribution in [0.15, 0.2) is 18.2 Å². The van der Waals surface area contributed by atoms with E-state index in [9.17, 15) is 14.0 Å². The van der Waals surface area contributed by atoms with Gasteiger partial charge in [-0.15, -0.1) is 12.4 Å². The third-order valence-electron chi connectivity index (χ3n) is 4.02. The van der Waals surface area contributed by atoms with Crippen LogP contribution in [0.2, 0.25) is 0 Å². The topological polar surface area (TPSA) is 93.5 Å². The van der Waals surface area contributed by atoms with Crippen LogP contribution in [-0.4, -0.2) is 31.0 Å². The van der Waals surface area contributed by atoms with E-state index in [2.05, 4.69) is 10.6 Å². The fourth-order valence-corrected chi connectivity index (χ4v) is 2.53. The molecule has 140 valence electrons. The number of fused-ring (bicyclic) bond motifs is 1. The molecule has 6 nitrogen and oxygen atoms in total. The van der Waals surface area contributed by atoms with Crippen LogP contribution in [0, 0.1) is 11.7 Å². The Morgan fingerprint density at radius 3 is 2.80 bits per heavy atom. The zero-order chi connectivity index (χ0) is 17.7. The van der Waals surface area contributed by atoms with Crippen molar-refractivity contribution in [3.8, 4) is 5.75 Å². The maximum absolute atomic E-state index is 13.5. The van der Waals surface area contributed by atoms with Crippen LogP contribution in [0.4, 0.5) is 4.39 Å². The molecule has 25 heavy (non-hydrogen) atoms. The first-order chi connectivity index (χ1) is 11.4. The van der Waals surface area contributed by atoms with E-state index in [1.165, 1.54) is 12.1 Å². The van der Waals surface area contributed by atoms with Gasteiger partial charge in [-0.1, -0.05) is 13.8 Å². The predicted molar refractivity (Wildman–Crippen MR) is 95.1 cm³/mol. The van der Waals surface area contributed by atoms with Gasteiger partial charge in [-0.3, -0.25) is 9.59 Å². The Bertz CT molecular complexity index is 613. The highest BCUT2D eigenvalue weighted by Gasteiger charge is 2.23. The average Bonchev–Trinajstić information content (AvgIpc) is 2.74. The van der Waals surface area contributed by atoms with Crippen molar-refractivity contribution in [1.82, 2.24) is 10.6 Å². The number of nitrogens with two attached hydrogens (primary N) is 1. The van der Waals surface area contributed by atoms with Gasteiger partial charge in [-0.2, -0.15) is 0 Å². The number of rotatable bonds is 5. The number of amides is 2. The number of halogens is 2. The monoisotopic (exact) mass is 373 g/mol. The molecule has 1 aliphatic rings. The van der Waals surface area contributed by atoms with Crippen LogP contribution in [-0.2, 0) is 9.59 Å². The minimum atomic E-state index is -0.654. The molecule has 2 rings (SSSR count). The molecule has 0 aliphatic carbocycles. The first kappa shape index (κ1) is 21.2. The summed E-state index contributed by atoms with van der Waals surface area (Å²) in [6, 6.07) is 3.27. The van der Waals surface area contributed by atoms with Gasteiger partial charge in [0, 0.05) is 5.56 Å². The molecule has 0 aromatic heterocycles. The first-order valence-corrected chi connectivity index (χ1v) is 8.13. The van der Waals surface area contributed by atoms with Crippen molar-refractivity contribution in [2.75, 3.05) is 13.2 Å². The summed E-state index contributed by atoms with van der Waals surface area (Å²) < 4.78 is 19.1. The van der Waals surface area contributed by atoms with Crippen molar-refractivity contribution in [2.24, 2.45) is 11.7 Å². The van der Waals surface area contributed by atoms with Crippen LogP contribution >= 0.6 is 12.4 Å². The second-order valence-corrected chi connectivity index (χ2v) is 6.28. The highest BCUT2D eigenvalue weighted by atomic mass is 35.5. The van der Waals surface area contributed by atoms with Crippen molar-refractivity contribution in [1.29, 1.82) is 0 Å². The van der Waals surface area contributed by atoms with Gasteiger partial charge < -0.3 is 21.1 Å². The molecule has 2 amide bonds. The van der Waals surface area contributed by atoms with E-state index in [0.29, 0.717) is 24.3 Å². The van der Waals surface area contributed by atoms with Gasteiger partial charge in [0.1, 0.15) is 11.6 Å². The summed E-state index contributed by atoms with van der Waals surface area (Å²) in [4.78, 5) is 23.9. The molecule has 1 aromatic rings. The maximum atomic E-state index is 13.5. The maximum Gasteiger partial charge on any atom is 0.239 e. The van der Waals surface area contributed by atoms with E-state index in [0.717, 1.165) is 6.42 Å². The second-order valence-electron chi connectivity index (χ2n) is 6.28. The molecule has 0 bridgehead atoms. The van der Waals surface area contributed by atoms with Crippen molar-refractivity contribution < 1.29 is 18.7 Å². The molecule has 0 saturated carbocycles. The van der Waals surface area contributed by atoms with Gasteiger partial charge in [-0.05, 0) is 37.0 Å². The minimum Gasteiger partial charge on any atom is -0.493 e. The van der Waals surface area contributed by atoms with Gasteiger partial charge >= 0.3 is 0 Å². The summed E-state index contributed by atoms with van der Waals surface area (Å²) >= 11 is 0. The van der Waals surface area contributed by atoms with E-state index >= 15 is 0 Å². The summed E-state index contributed by atoms with van der Waals surface area (Å²) in [6.07, 6.45) is 1.38. The first-order valence-electron chi connectivity index (χ1n) is 8.13. The lowest BCUT2D eigenvalue weighted by atomic mass is 10.0. The van der Waals surface area contributed by atoms with Crippen LogP contribution in [0.1, 0.15) is 38.3 Å². The van der Waals surface area contributed by atoms with Gasteiger partial charge in [0.05, 0.1) is 25.2 Å². The van der Waals surface area contributed by atoms with Gasteiger partial charge in [0.25, 0.3) is 0 Å². The standard InChI is InChI=1S/C17H24FN3O3.ClH/c1-10(2)16(19)17(23)20-9-15(22)21-13-4-3-7-24-14-6-5-11(18)8-12(13)14;/h5-6,8,10,13,16H,3-4,7,9,19H2,1-2H3,(H,20,23)(H,21,22);1H/t13?,16-;/m0./s1. The lowest BCUT2D eigenvalue weighted by molar-refractivity contribution is -0.127. The summed E-state index contributed by atoms with van der Waals surface area (Å²) in [6.45, 7) is 4.02. The zero-order valence-electron chi connectivity index (χ0n) is 14.4. The number of ether oxygens (including phenoxy) is 1. The lowest BCUT2D eigenvalue weighted by Crippen LogP contribution is -2.47. The number of benzene rings is 1. The molecule has 4 N–H and O–H groups in total. The molecule has 2 atom stereocenters. The van der Waals surface area contributed by atoms with Crippen molar-refractivity contribution in [3.63, 3.8) is 0 Å². The Hall–Kier alpha value is -1.86. The van der Waals surface area contributed by atoms with Crippen molar-refractivity contribution >= 4 is 24.2 Å². The van der Waals surface area contributed by atoms with Gasteiger partial charge in [-0.25, -0.2) is 4.39 Å². The molecule has 0 radical (unpaired) electrons. The molecule has 1 aliphatic heterocycles. The summed E-state index contributed by atoms with van der Waals surface area (Å²) in [5.41, 5.74) is 6.35. The van der Waals surface area contributed by atoms with E-state index in [1.807, 2.05) is 13.8 Å². The Balaban J connectivity index is 0.00000312. The molecule has 1 aromatic carbocycles. The molecular weight excluding hydrogens is 349 g/mol. The summed E-state index contributed by atoms with van der Waals surface area (Å²) in [5, 5.41) is 5.35. The largest absolute Gasteiger partial charge is 0.493 e. The second kappa shape index (κ2) is 9.58. The van der Waals surface area contributed by atoms with E-state index in [-0.39, 0.29) is 48.5 Å². The van der Waals surface area contributed by atoms with Gasteiger partial charge in [0.2, 0.25) is 11.8 Å². The van der Waals surface area contributed by atoms with Crippen LogP contribution in [0.5, 0.6) is 5.75 Å². The molecule has 1 heterocycles. The number of carbonyl (C=O) groups is 2. The van der Waals surface area contributed by atoms with Crippen LogP contribution in [0.3, 0.4) is 0 Å². The quantitative estimate of drug-likeness (QED) is 0.732. The summed E-state index contributed by atoms with van der Waals surface area (Å²) in [7, 11) is 0. The molecule has 0 spiro atoms. The third-order valence-corrected chi connectivity index (χ3v) is 4.02. The van der Waals surface area contributed by atoms with Crippen LogP contribution < -0.4 is 21.1 Å².